The third kappa shape index (κ3) is 4.44. The molecule has 0 aromatic carbocycles. The Kier molecular flexibility index (Phi) is 5.19. The number of piperidine rings is 1. The van der Waals surface area contributed by atoms with Gasteiger partial charge in [0.15, 0.2) is 0 Å². The van der Waals surface area contributed by atoms with Crippen LogP contribution in [0.5, 0.6) is 0 Å². The van der Waals surface area contributed by atoms with Crippen molar-refractivity contribution in [2.24, 2.45) is 5.73 Å². The number of rotatable bonds is 5. The molecule has 5 nitrogen and oxygen atoms in total. The smallest absolute Gasteiger partial charge is 0.231 e. The first-order valence-corrected chi connectivity index (χ1v) is 7.54. The van der Waals surface area contributed by atoms with E-state index in [0.29, 0.717) is 12.6 Å². The highest BCUT2D eigenvalue weighted by Gasteiger charge is 2.34. The molecule has 0 spiro atoms. The molecule has 0 aromatic heterocycles. The molecule has 1 heterocycles. The van der Waals surface area contributed by atoms with Crippen molar-refractivity contribution >= 4 is 5.91 Å². The monoisotopic (exact) mass is 269 g/mol. The van der Waals surface area contributed by atoms with Gasteiger partial charge < -0.3 is 16.2 Å². The van der Waals surface area contributed by atoms with Crippen LogP contribution < -0.4 is 11.1 Å². The summed E-state index contributed by atoms with van der Waals surface area (Å²) in [7, 11) is 0. The van der Waals surface area contributed by atoms with Crippen molar-refractivity contribution in [3.05, 3.63) is 0 Å². The Morgan fingerprint density at radius 3 is 2.47 bits per heavy atom. The molecule has 1 saturated carbocycles. The number of aliphatic hydroxyl groups is 1. The Balaban J connectivity index is 1.97. The molecular weight excluding hydrogens is 242 g/mol. The van der Waals surface area contributed by atoms with Crippen LogP contribution in [0.4, 0.5) is 0 Å². The quantitative estimate of drug-likeness (QED) is 0.667. The molecule has 0 bridgehead atoms. The second-order valence-electron chi connectivity index (χ2n) is 6.14. The molecule has 1 amide bonds. The Labute approximate surface area is 115 Å². The summed E-state index contributed by atoms with van der Waals surface area (Å²) in [6.07, 6.45) is 7.17. The summed E-state index contributed by atoms with van der Waals surface area (Å²) in [6, 6.07) is 0.375. The Hall–Kier alpha value is -0.650. The zero-order chi connectivity index (χ0) is 13.7. The van der Waals surface area contributed by atoms with E-state index in [1.165, 1.54) is 6.42 Å². The summed E-state index contributed by atoms with van der Waals surface area (Å²) in [6.45, 7) is 2.84. The molecular formula is C14H27N3O2. The molecule has 110 valence electrons. The van der Waals surface area contributed by atoms with E-state index < -0.39 is 5.60 Å². The zero-order valence-electron chi connectivity index (χ0n) is 11.7. The van der Waals surface area contributed by atoms with Crippen LogP contribution in [0.1, 0.15) is 44.9 Å². The van der Waals surface area contributed by atoms with E-state index in [-0.39, 0.29) is 12.5 Å². The highest BCUT2D eigenvalue weighted by Crippen LogP contribution is 2.30. The van der Waals surface area contributed by atoms with Gasteiger partial charge in [-0.3, -0.25) is 9.69 Å². The number of hydrogen-bond donors (Lipinski definition) is 3. The fourth-order valence-corrected chi connectivity index (χ4v) is 3.43. The van der Waals surface area contributed by atoms with E-state index in [1.807, 2.05) is 0 Å². The van der Waals surface area contributed by atoms with Crippen molar-refractivity contribution < 1.29 is 9.90 Å². The number of carbonyl (C=O) groups excluding carboxylic acids is 1. The number of nitrogens with one attached hydrogen (secondary N) is 1. The zero-order valence-corrected chi connectivity index (χ0v) is 11.7. The Morgan fingerprint density at radius 2 is 1.89 bits per heavy atom. The average molecular weight is 269 g/mol. The van der Waals surface area contributed by atoms with Gasteiger partial charge in [0.2, 0.25) is 5.91 Å². The maximum Gasteiger partial charge on any atom is 0.231 e. The predicted molar refractivity (Wildman–Crippen MR) is 74.7 cm³/mol. The van der Waals surface area contributed by atoms with E-state index >= 15 is 0 Å². The van der Waals surface area contributed by atoms with Gasteiger partial charge in [0.05, 0.1) is 12.1 Å². The lowest BCUT2D eigenvalue weighted by Crippen LogP contribution is -2.53. The van der Waals surface area contributed by atoms with Crippen molar-refractivity contribution in [1.82, 2.24) is 10.2 Å². The first kappa shape index (κ1) is 14.8. The molecule has 4 N–H and O–H groups in total. The van der Waals surface area contributed by atoms with E-state index in [4.69, 9.17) is 5.73 Å². The van der Waals surface area contributed by atoms with Crippen molar-refractivity contribution in [3.63, 3.8) is 0 Å². The largest absolute Gasteiger partial charge is 0.389 e. The van der Waals surface area contributed by atoms with E-state index in [0.717, 1.165) is 51.6 Å². The normalized spacial score (nSPS) is 24.5. The number of primary amides is 1. The summed E-state index contributed by atoms with van der Waals surface area (Å²) in [5.41, 5.74) is 4.76. The van der Waals surface area contributed by atoms with Gasteiger partial charge in [-0.25, -0.2) is 0 Å². The maximum absolute atomic E-state index is 11.3. The summed E-state index contributed by atoms with van der Waals surface area (Å²) in [5.74, 6) is -0.294. The van der Waals surface area contributed by atoms with E-state index in [1.54, 1.807) is 0 Å². The van der Waals surface area contributed by atoms with Crippen LogP contribution in [0, 0.1) is 0 Å². The maximum atomic E-state index is 11.3. The summed E-state index contributed by atoms with van der Waals surface area (Å²) >= 11 is 0. The summed E-state index contributed by atoms with van der Waals surface area (Å²) < 4.78 is 0. The van der Waals surface area contributed by atoms with Crippen molar-refractivity contribution in [1.29, 1.82) is 0 Å². The highest BCUT2D eigenvalue weighted by atomic mass is 16.3. The molecule has 0 unspecified atom stereocenters. The van der Waals surface area contributed by atoms with Crippen molar-refractivity contribution in [2.45, 2.75) is 56.6 Å². The second-order valence-corrected chi connectivity index (χ2v) is 6.14. The molecule has 19 heavy (non-hydrogen) atoms. The number of nitrogens with zero attached hydrogens (tertiary/aromatic N) is 1. The van der Waals surface area contributed by atoms with Crippen molar-refractivity contribution in [2.75, 3.05) is 26.2 Å². The molecule has 1 aliphatic carbocycles. The molecule has 2 rings (SSSR count). The first-order chi connectivity index (χ1) is 9.09. The number of carbonyl (C=O) groups is 1. The van der Waals surface area contributed by atoms with Gasteiger partial charge in [0.25, 0.3) is 0 Å². The SMILES string of the molecule is NC(=O)CN(CC1(O)CCCCC1)C1CCNCC1. The van der Waals surface area contributed by atoms with Crippen LogP contribution in [-0.2, 0) is 4.79 Å². The lowest BCUT2D eigenvalue weighted by molar-refractivity contribution is -0.121. The van der Waals surface area contributed by atoms with Gasteiger partial charge in [-0.15, -0.1) is 0 Å². The fourth-order valence-electron chi connectivity index (χ4n) is 3.43. The number of nitrogens with two attached hydrogens (primary N) is 1. The van der Waals surface area contributed by atoms with Gasteiger partial charge in [0, 0.05) is 12.6 Å². The van der Waals surface area contributed by atoms with Crippen LogP contribution in [0.2, 0.25) is 0 Å². The minimum atomic E-state index is -0.613. The predicted octanol–water partition coefficient (Wildman–Crippen LogP) is 0.221. The minimum absolute atomic E-state index is 0.271. The molecule has 5 heteroatoms. The molecule has 0 radical (unpaired) electrons. The standard InChI is InChI=1S/C14H27N3O2/c15-13(18)10-17(12-4-8-16-9-5-12)11-14(19)6-2-1-3-7-14/h12,16,19H,1-11H2,(H2,15,18). The summed E-state index contributed by atoms with van der Waals surface area (Å²) in [5, 5.41) is 14.0. The number of amides is 1. The van der Waals surface area contributed by atoms with Crippen molar-refractivity contribution in [3.8, 4) is 0 Å². The first-order valence-electron chi connectivity index (χ1n) is 7.54. The van der Waals surface area contributed by atoms with Crippen LogP contribution in [0.25, 0.3) is 0 Å². The van der Waals surface area contributed by atoms with Crippen LogP contribution in [0.15, 0.2) is 0 Å². The fraction of sp³-hybridized carbons (Fsp3) is 0.929. The molecule has 2 aliphatic rings. The van der Waals surface area contributed by atoms with Crippen LogP contribution in [-0.4, -0.2) is 53.7 Å². The lowest BCUT2D eigenvalue weighted by Gasteiger charge is -2.41. The van der Waals surface area contributed by atoms with E-state index in [2.05, 4.69) is 10.2 Å². The number of hydrogen-bond acceptors (Lipinski definition) is 4. The minimum Gasteiger partial charge on any atom is -0.389 e. The van der Waals surface area contributed by atoms with Gasteiger partial charge in [-0.1, -0.05) is 19.3 Å². The van der Waals surface area contributed by atoms with E-state index in [9.17, 15) is 9.90 Å². The third-order valence-corrected chi connectivity index (χ3v) is 4.47. The molecule has 2 fully saturated rings. The second kappa shape index (κ2) is 6.68. The molecule has 0 atom stereocenters. The highest BCUT2D eigenvalue weighted by molar-refractivity contribution is 5.76. The van der Waals surface area contributed by atoms with Gasteiger partial charge in [0.1, 0.15) is 0 Å². The van der Waals surface area contributed by atoms with Gasteiger partial charge in [-0.2, -0.15) is 0 Å². The topological polar surface area (TPSA) is 78.6 Å². The summed E-state index contributed by atoms with van der Waals surface area (Å²) in [4.78, 5) is 13.4. The molecule has 1 aliphatic heterocycles. The lowest BCUT2D eigenvalue weighted by atomic mass is 9.84. The van der Waals surface area contributed by atoms with Gasteiger partial charge in [-0.05, 0) is 38.8 Å². The Morgan fingerprint density at radius 1 is 1.26 bits per heavy atom. The average Bonchev–Trinajstić information content (AvgIpc) is 2.39. The Bertz CT molecular complexity index is 297. The van der Waals surface area contributed by atoms with Crippen LogP contribution >= 0.6 is 0 Å². The molecule has 0 aromatic rings. The van der Waals surface area contributed by atoms with Crippen LogP contribution in [0.3, 0.4) is 0 Å². The van der Waals surface area contributed by atoms with Gasteiger partial charge >= 0.3 is 0 Å². The third-order valence-electron chi connectivity index (χ3n) is 4.47. The molecule has 1 saturated heterocycles.